The summed E-state index contributed by atoms with van der Waals surface area (Å²) in [5, 5.41) is 0. The number of halogens is 3. The van der Waals surface area contributed by atoms with Crippen LogP contribution < -0.4 is 10.6 Å². The van der Waals surface area contributed by atoms with Crippen molar-refractivity contribution < 1.29 is 17.9 Å². The monoisotopic (exact) mass is 306 g/mol. The quantitative estimate of drug-likeness (QED) is 0.849. The molecule has 1 atom stereocenters. The number of thiocarbonyl (C=S) groups is 1. The molecule has 112 valence electrons. The second-order valence-corrected chi connectivity index (χ2v) is 4.95. The summed E-state index contributed by atoms with van der Waals surface area (Å²) in [5.74, 6) is 0. The Morgan fingerprint density at radius 1 is 1.45 bits per heavy atom. The Hall–Kier alpha value is -1.34. The lowest BCUT2D eigenvalue weighted by molar-refractivity contribution is -0.137. The summed E-state index contributed by atoms with van der Waals surface area (Å²) < 4.78 is 43.2. The van der Waals surface area contributed by atoms with Crippen molar-refractivity contribution >= 4 is 22.9 Å². The first-order valence-electron chi connectivity index (χ1n) is 5.91. The minimum atomic E-state index is -4.42. The van der Waals surface area contributed by atoms with Crippen LogP contribution in [0.5, 0.6) is 0 Å². The third-order valence-corrected chi connectivity index (χ3v) is 3.26. The molecule has 0 spiro atoms. The van der Waals surface area contributed by atoms with E-state index >= 15 is 0 Å². The first-order valence-corrected chi connectivity index (χ1v) is 6.32. The fourth-order valence-corrected chi connectivity index (χ4v) is 1.97. The van der Waals surface area contributed by atoms with E-state index in [4.69, 9.17) is 22.7 Å². The SMILES string of the molecule is COCC(C)N(C)c1ccc(C(F)(F)F)cc1C(N)=S. The van der Waals surface area contributed by atoms with Crippen LogP contribution >= 0.6 is 12.2 Å². The summed E-state index contributed by atoms with van der Waals surface area (Å²) in [5.41, 5.74) is 5.54. The molecule has 7 heteroatoms. The van der Waals surface area contributed by atoms with E-state index in [9.17, 15) is 13.2 Å². The lowest BCUT2D eigenvalue weighted by atomic mass is 10.1. The third-order valence-electron chi connectivity index (χ3n) is 3.04. The molecule has 1 unspecified atom stereocenters. The van der Waals surface area contributed by atoms with Crippen LogP contribution in [0.15, 0.2) is 18.2 Å². The Kier molecular flexibility index (Phi) is 5.35. The maximum Gasteiger partial charge on any atom is 0.416 e. The summed E-state index contributed by atoms with van der Waals surface area (Å²) in [4.78, 5) is 1.72. The van der Waals surface area contributed by atoms with Gasteiger partial charge in [-0.15, -0.1) is 0 Å². The highest BCUT2D eigenvalue weighted by Gasteiger charge is 2.31. The number of hydrogen-bond acceptors (Lipinski definition) is 3. The van der Waals surface area contributed by atoms with Gasteiger partial charge in [0.15, 0.2) is 0 Å². The number of rotatable bonds is 5. The van der Waals surface area contributed by atoms with E-state index < -0.39 is 11.7 Å². The molecular weight excluding hydrogens is 289 g/mol. The average Bonchev–Trinajstić information content (AvgIpc) is 2.36. The Bertz CT molecular complexity index is 491. The Labute approximate surface area is 121 Å². The van der Waals surface area contributed by atoms with Crippen molar-refractivity contribution in [3.05, 3.63) is 29.3 Å². The molecule has 0 aliphatic carbocycles. The van der Waals surface area contributed by atoms with Gasteiger partial charge < -0.3 is 15.4 Å². The number of anilines is 1. The van der Waals surface area contributed by atoms with Crippen LogP contribution in [0.4, 0.5) is 18.9 Å². The molecule has 0 aliphatic rings. The molecule has 3 nitrogen and oxygen atoms in total. The van der Waals surface area contributed by atoms with Gasteiger partial charge >= 0.3 is 6.18 Å². The van der Waals surface area contributed by atoms with Crippen LogP contribution in [0.1, 0.15) is 18.1 Å². The van der Waals surface area contributed by atoms with Gasteiger partial charge in [0.1, 0.15) is 4.99 Å². The molecule has 1 aromatic rings. The maximum absolute atomic E-state index is 12.7. The van der Waals surface area contributed by atoms with E-state index in [1.807, 2.05) is 6.92 Å². The van der Waals surface area contributed by atoms with Crippen molar-refractivity contribution in [3.8, 4) is 0 Å². The average molecular weight is 306 g/mol. The minimum Gasteiger partial charge on any atom is -0.389 e. The van der Waals surface area contributed by atoms with Crippen molar-refractivity contribution in [2.75, 3.05) is 25.7 Å². The van der Waals surface area contributed by atoms with Gasteiger partial charge in [-0.3, -0.25) is 0 Å². The Balaban J connectivity index is 3.24. The van der Waals surface area contributed by atoms with Crippen LogP contribution in [-0.2, 0) is 10.9 Å². The Morgan fingerprint density at radius 2 is 2.05 bits per heavy atom. The fourth-order valence-electron chi connectivity index (χ4n) is 1.81. The molecule has 0 radical (unpaired) electrons. The molecule has 0 fully saturated rings. The normalized spacial score (nSPS) is 13.1. The number of hydrogen-bond donors (Lipinski definition) is 1. The van der Waals surface area contributed by atoms with E-state index in [2.05, 4.69) is 0 Å². The highest BCUT2D eigenvalue weighted by atomic mass is 32.1. The van der Waals surface area contributed by atoms with Crippen molar-refractivity contribution in [1.82, 2.24) is 0 Å². The first-order chi connectivity index (χ1) is 9.18. The van der Waals surface area contributed by atoms with E-state index in [1.54, 1.807) is 19.1 Å². The molecule has 0 saturated heterocycles. The minimum absolute atomic E-state index is 0.0233. The number of alkyl halides is 3. The zero-order chi connectivity index (χ0) is 15.5. The number of likely N-dealkylation sites (N-methyl/N-ethyl adjacent to an activating group) is 1. The standard InChI is InChI=1S/C13H17F3N2OS/c1-8(7-19-3)18(2)11-5-4-9(13(14,15)16)6-10(11)12(17)20/h4-6,8H,7H2,1-3H3,(H2,17,20). The zero-order valence-electron chi connectivity index (χ0n) is 11.5. The highest BCUT2D eigenvalue weighted by molar-refractivity contribution is 7.80. The first kappa shape index (κ1) is 16.7. The summed E-state index contributed by atoms with van der Waals surface area (Å²) in [6, 6.07) is 3.36. The number of methoxy groups -OCH3 is 1. The Morgan fingerprint density at radius 3 is 2.50 bits per heavy atom. The molecule has 0 saturated carbocycles. The van der Waals surface area contributed by atoms with Crippen LogP contribution in [0, 0.1) is 0 Å². The molecule has 1 aromatic carbocycles. The lowest BCUT2D eigenvalue weighted by Gasteiger charge is -2.28. The maximum atomic E-state index is 12.7. The number of nitrogens with two attached hydrogens (primary N) is 1. The molecule has 0 aromatic heterocycles. The van der Waals surface area contributed by atoms with Crippen molar-refractivity contribution in [2.45, 2.75) is 19.1 Å². The van der Waals surface area contributed by atoms with Crippen LogP contribution in [0.2, 0.25) is 0 Å². The number of ether oxygens (including phenoxy) is 1. The summed E-state index contributed by atoms with van der Waals surface area (Å²) in [6.07, 6.45) is -4.42. The van der Waals surface area contributed by atoms with Gasteiger partial charge in [-0.2, -0.15) is 13.2 Å². The molecule has 0 bridgehead atoms. The summed E-state index contributed by atoms with van der Waals surface area (Å²) >= 11 is 4.85. The molecule has 20 heavy (non-hydrogen) atoms. The molecule has 2 N–H and O–H groups in total. The van der Waals surface area contributed by atoms with Gasteiger partial charge in [-0.05, 0) is 25.1 Å². The van der Waals surface area contributed by atoms with E-state index in [1.165, 1.54) is 6.07 Å². The second-order valence-electron chi connectivity index (χ2n) is 4.51. The lowest BCUT2D eigenvalue weighted by Crippen LogP contribution is -2.34. The molecular formula is C13H17F3N2OS. The van der Waals surface area contributed by atoms with Gasteiger partial charge in [0, 0.05) is 31.5 Å². The predicted octanol–water partition coefficient (Wildman–Crippen LogP) is 2.81. The molecule has 1 rings (SSSR count). The third kappa shape index (κ3) is 3.83. The van der Waals surface area contributed by atoms with Crippen LogP contribution in [0.25, 0.3) is 0 Å². The molecule has 0 amide bonds. The van der Waals surface area contributed by atoms with E-state index in [-0.39, 0.29) is 16.6 Å². The van der Waals surface area contributed by atoms with E-state index in [0.29, 0.717) is 12.3 Å². The summed E-state index contributed by atoms with van der Waals surface area (Å²) in [6.45, 7) is 2.33. The number of nitrogens with zero attached hydrogens (tertiary/aromatic N) is 1. The van der Waals surface area contributed by atoms with Gasteiger partial charge in [-0.25, -0.2) is 0 Å². The molecule has 0 heterocycles. The predicted molar refractivity (Wildman–Crippen MR) is 77.1 cm³/mol. The van der Waals surface area contributed by atoms with Gasteiger partial charge in [-0.1, -0.05) is 12.2 Å². The topological polar surface area (TPSA) is 38.5 Å². The van der Waals surface area contributed by atoms with E-state index in [0.717, 1.165) is 12.1 Å². The second kappa shape index (κ2) is 6.41. The van der Waals surface area contributed by atoms with Crippen LogP contribution in [0.3, 0.4) is 0 Å². The van der Waals surface area contributed by atoms with Crippen LogP contribution in [-0.4, -0.2) is 31.8 Å². The van der Waals surface area contributed by atoms with Crippen molar-refractivity contribution in [1.29, 1.82) is 0 Å². The fraction of sp³-hybridized carbons (Fsp3) is 0.462. The van der Waals surface area contributed by atoms with Gasteiger partial charge in [0.2, 0.25) is 0 Å². The number of benzene rings is 1. The van der Waals surface area contributed by atoms with Gasteiger partial charge in [0.25, 0.3) is 0 Å². The largest absolute Gasteiger partial charge is 0.416 e. The molecule has 0 aliphatic heterocycles. The summed E-state index contributed by atoms with van der Waals surface area (Å²) in [7, 11) is 3.32. The van der Waals surface area contributed by atoms with Gasteiger partial charge in [0.05, 0.1) is 12.2 Å². The van der Waals surface area contributed by atoms with Crippen molar-refractivity contribution in [3.63, 3.8) is 0 Å². The zero-order valence-corrected chi connectivity index (χ0v) is 12.3. The smallest absolute Gasteiger partial charge is 0.389 e. The van der Waals surface area contributed by atoms with Crippen molar-refractivity contribution in [2.24, 2.45) is 5.73 Å². The highest BCUT2D eigenvalue weighted by Crippen LogP contribution is 2.33.